The van der Waals surface area contributed by atoms with Gasteiger partial charge in [0.05, 0.1) is 4.90 Å². The molecule has 0 atom stereocenters. The van der Waals surface area contributed by atoms with E-state index in [1.54, 1.807) is 25.1 Å². The van der Waals surface area contributed by atoms with E-state index in [9.17, 15) is 13.2 Å². The summed E-state index contributed by atoms with van der Waals surface area (Å²) in [4.78, 5) is 12.5. The van der Waals surface area contributed by atoms with Crippen LogP contribution < -0.4 is 5.32 Å². The van der Waals surface area contributed by atoms with E-state index in [4.69, 9.17) is 23.2 Å². The SMILES string of the molecule is Cc1cc(NC(=O)c2nnsc2S(=O)(=O)c2ccc(Cl)cc2)ccc1Cl. The number of sulfone groups is 1. The molecule has 0 aliphatic carbocycles. The molecule has 1 N–H and O–H groups in total. The molecule has 3 aromatic rings. The first kappa shape index (κ1) is 18.8. The lowest BCUT2D eigenvalue weighted by Crippen LogP contribution is -2.16. The highest BCUT2D eigenvalue weighted by Crippen LogP contribution is 2.28. The predicted molar refractivity (Wildman–Crippen MR) is 101 cm³/mol. The van der Waals surface area contributed by atoms with Crippen molar-refractivity contribution in [3.63, 3.8) is 0 Å². The third-order valence-electron chi connectivity index (χ3n) is 3.46. The standard InChI is InChI=1S/C16H11Cl2N3O3S2/c1-9-8-11(4-7-13(9)18)19-15(22)14-16(25-21-20-14)26(23,24)12-5-2-10(17)3-6-12/h2-8H,1H3,(H,19,22). The normalized spacial score (nSPS) is 11.3. The van der Waals surface area contributed by atoms with Gasteiger partial charge in [0.25, 0.3) is 5.91 Å². The molecule has 1 heterocycles. The van der Waals surface area contributed by atoms with Crippen LogP contribution in [0.3, 0.4) is 0 Å². The van der Waals surface area contributed by atoms with Gasteiger partial charge in [-0.2, -0.15) is 0 Å². The number of nitrogens with zero attached hydrogens (tertiary/aromatic N) is 2. The zero-order valence-electron chi connectivity index (χ0n) is 13.2. The molecule has 0 unspecified atom stereocenters. The summed E-state index contributed by atoms with van der Waals surface area (Å²) in [7, 11) is -3.94. The molecule has 10 heteroatoms. The molecule has 0 aliphatic rings. The van der Waals surface area contributed by atoms with Gasteiger partial charge >= 0.3 is 0 Å². The van der Waals surface area contributed by atoms with Gasteiger partial charge in [0.15, 0.2) is 9.90 Å². The van der Waals surface area contributed by atoms with Crippen molar-refractivity contribution in [2.75, 3.05) is 5.32 Å². The summed E-state index contributed by atoms with van der Waals surface area (Å²) in [6.07, 6.45) is 0. The average Bonchev–Trinajstić information content (AvgIpc) is 3.09. The summed E-state index contributed by atoms with van der Waals surface area (Å²) in [6, 6.07) is 10.6. The first-order valence-corrected chi connectivity index (χ1v) is 10.2. The van der Waals surface area contributed by atoms with Crippen LogP contribution in [-0.4, -0.2) is 23.9 Å². The summed E-state index contributed by atoms with van der Waals surface area (Å²) >= 11 is 12.4. The smallest absolute Gasteiger partial charge is 0.278 e. The van der Waals surface area contributed by atoms with Crippen molar-refractivity contribution in [3.8, 4) is 0 Å². The van der Waals surface area contributed by atoms with E-state index in [-0.39, 0.29) is 14.8 Å². The van der Waals surface area contributed by atoms with Gasteiger partial charge in [-0.1, -0.05) is 27.7 Å². The molecule has 0 saturated heterocycles. The molecule has 134 valence electrons. The molecule has 0 bridgehead atoms. The Morgan fingerprint density at radius 2 is 1.81 bits per heavy atom. The Morgan fingerprint density at radius 1 is 1.12 bits per heavy atom. The molecular formula is C16H11Cl2N3O3S2. The van der Waals surface area contributed by atoms with Gasteiger partial charge in [-0.05, 0) is 55.0 Å². The number of aromatic nitrogens is 2. The lowest BCUT2D eigenvalue weighted by Gasteiger charge is -2.07. The molecule has 0 spiro atoms. The fraction of sp³-hybridized carbons (Fsp3) is 0.0625. The van der Waals surface area contributed by atoms with Gasteiger partial charge in [-0.3, -0.25) is 4.79 Å². The maximum absolute atomic E-state index is 12.8. The first-order valence-electron chi connectivity index (χ1n) is 7.19. The largest absolute Gasteiger partial charge is 0.321 e. The molecule has 3 rings (SSSR count). The summed E-state index contributed by atoms with van der Waals surface area (Å²) in [5.74, 6) is -0.673. The van der Waals surface area contributed by atoms with Gasteiger partial charge in [-0.25, -0.2) is 8.42 Å². The molecule has 26 heavy (non-hydrogen) atoms. The van der Waals surface area contributed by atoms with Crippen LogP contribution in [0.5, 0.6) is 0 Å². The second-order valence-corrected chi connectivity index (χ2v) is 9.03. The minimum absolute atomic E-state index is 0.00402. The van der Waals surface area contributed by atoms with E-state index < -0.39 is 15.7 Å². The van der Waals surface area contributed by atoms with Crippen molar-refractivity contribution < 1.29 is 13.2 Å². The average molecular weight is 428 g/mol. The van der Waals surface area contributed by atoms with Crippen LogP contribution in [0, 0.1) is 6.92 Å². The van der Waals surface area contributed by atoms with E-state index >= 15 is 0 Å². The van der Waals surface area contributed by atoms with Crippen LogP contribution in [-0.2, 0) is 9.84 Å². The van der Waals surface area contributed by atoms with Gasteiger partial charge < -0.3 is 5.32 Å². The van der Waals surface area contributed by atoms with Crippen LogP contribution in [0.4, 0.5) is 5.69 Å². The Kier molecular flexibility index (Phi) is 5.29. The fourth-order valence-corrected chi connectivity index (χ4v) is 4.67. The Bertz CT molecular complexity index is 1080. The number of hydrogen-bond donors (Lipinski definition) is 1. The monoisotopic (exact) mass is 427 g/mol. The number of hydrogen-bond acceptors (Lipinski definition) is 6. The van der Waals surface area contributed by atoms with Crippen LogP contribution in [0.1, 0.15) is 16.1 Å². The quantitative estimate of drug-likeness (QED) is 0.672. The number of rotatable bonds is 4. The lowest BCUT2D eigenvalue weighted by molar-refractivity contribution is 0.101. The van der Waals surface area contributed by atoms with Gasteiger partial charge in [0.2, 0.25) is 9.84 Å². The molecule has 0 saturated carbocycles. The number of aryl methyl sites for hydroxylation is 1. The van der Waals surface area contributed by atoms with Crippen molar-refractivity contribution in [3.05, 3.63) is 63.8 Å². The minimum Gasteiger partial charge on any atom is -0.321 e. The number of carbonyl (C=O) groups excluding carboxylic acids is 1. The maximum Gasteiger partial charge on any atom is 0.278 e. The summed E-state index contributed by atoms with van der Waals surface area (Å²) in [6.45, 7) is 1.79. The van der Waals surface area contributed by atoms with Crippen molar-refractivity contribution in [2.24, 2.45) is 0 Å². The van der Waals surface area contributed by atoms with Crippen LogP contribution in [0.15, 0.2) is 51.6 Å². The maximum atomic E-state index is 12.8. The molecule has 0 fully saturated rings. The zero-order chi connectivity index (χ0) is 18.9. The van der Waals surface area contributed by atoms with Crippen molar-refractivity contribution in [2.45, 2.75) is 16.0 Å². The van der Waals surface area contributed by atoms with E-state index in [2.05, 4.69) is 14.9 Å². The van der Waals surface area contributed by atoms with Crippen molar-refractivity contribution >= 4 is 56.2 Å². The van der Waals surface area contributed by atoms with Gasteiger partial charge in [0.1, 0.15) is 0 Å². The summed E-state index contributed by atoms with van der Waals surface area (Å²) in [5, 5.41) is 7.26. The fourth-order valence-electron chi connectivity index (χ4n) is 2.13. The lowest BCUT2D eigenvalue weighted by atomic mass is 10.2. The predicted octanol–water partition coefficient (Wildman–Crippen LogP) is 4.24. The zero-order valence-corrected chi connectivity index (χ0v) is 16.4. The molecule has 1 amide bonds. The Labute approximate surface area is 163 Å². The molecular weight excluding hydrogens is 417 g/mol. The highest BCUT2D eigenvalue weighted by molar-refractivity contribution is 7.93. The van der Waals surface area contributed by atoms with Crippen LogP contribution >= 0.6 is 34.7 Å². The molecule has 1 aromatic heterocycles. The number of nitrogens with one attached hydrogen (secondary N) is 1. The van der Waals surface area contributed by atoms with Gasteiger partial charge in [-0.15, -0.1) is 5.10 Å². The topological polar surface area (TPSA) is 89.0 Å². The second kappa shape index (κ2) is 7.32. The number of anilines is 1. The summed E-state index contributed by atoms with van der Waals surface area (Å²) in [5.41, 5.74) is 0.979. The number of halogens is 2. The van der Waals surface area contributed by atoms with E-state index in [0.717, 1.165) is 5.56 Å². The van der Waals surface area contributed by atoms with Crippen molar-refractivity contribution in [1.82, 2.24) is 9.59 Å². The second-order valence-electron chi connectivity index (χ2n) is 5.28. The third kappa shape index (κ3) is 3.73. The number of carbonyl (C=O) groups is 1. The van der Waals surface area contributed by atoms with Gasteiger partial charge in [0, 0.05) is 27.3 Å². The van der Waals surface area contributed by atoms with E-state index in [1.165, 1.54) is 24.3 Å². The highest BCUT2D eigenvalue weighted by atomic mass is 35.5. The van der Waals surface area contributed by atoms with Crippen LogP contribution in [0.25, 0.3) is 0 Å². The third-order valence-corrected chi connectivity index (χ3v) is 7.11. The number of amides is 1. The van der Waals surface area contributed by atoms with E-state index in [0.29, 0.717) is 27.3 Å². The van der Waals surface area contributed by atoms with E-state index in [1.807, 2.05) is 0 Å². The first-order chi connectivity index (χ1) is 12.3. The highest BCUT2D eigenvalue weighted by Gasteiger charge is 2.29. The van der Waals surface area contributed by atoms with Crippen molar-refractivity contribution in [1.29, 1.82) is 0 Å². The number of benzene rings is 2. The molecule has 6 nitrogen and oxygen atoms in total. The Hall–Kier alpha value is -2.00. The Balaban J connectivity index is 1.93. The molecule has 2 aromatic carbocycles. The van der Waals surface area contributed by atoms with Crippen LogP contribution in [0.2, 0.25) is 10.0 Å². The summed E-state index contributed by atoms with van der Waals surface area (Å²) < 4.78 is 28.9. The molecule has 0 radical (unpaired) electrons. The minimum atomic E-state index is -3.94. The molecule has 0 aliphatic heterocycles. The Morgan fingerprint density at radius 3 is 2.46 bits per heavy atom.